The van der Waals surface area contributed by atoms with Gasteiger partial charge in [-0.25, -0.2) is 0 Å². The first-order valence-electron chi connectivity index (χ1n) is 6.34. The summed E-state index contributed by atoms with van der Waals surface area (Å²) < 4.78 is 0. The second kappa shape index (κ2) is 7.39. The van der Waals surface area contributed by atoms with E-state index in [0.717, 1.165) is 37.8 Å². The van der Waals surface area contributed by atoms with Gasteiger partial charge in [0.15, 0.2) is 0 Å². The Morgan fingerprint density at radius 1 is 1.25 bits per heavy atom. The summed E-state index contributed by atoms with van der Waals surface area (Å²) >= 11 is 0. The van der Waals surface area contributed by atoms with Crippen LogP contribution in [-0.2, 0) is 6.42 Å². The lowest BCUT2D eigenvalue weighted by Gasteiger charge is -2.17. The molecule has 16 heavy (non-hydrogen) atoms. The molecule has 1 N–H and O–H groups in total. The fraction of sp³-hybridized carbons (Fsp3) is 0.643. The van der Waals surface area contributed by atoms with Crippen LogP contribution in [0.5, 0.6) is 0 Å². The molecule has 1 rings (SSSR count). The van der Waals surface area contributed by atoms with Crippen LogP contribution in [0.4, 0.5) is 0 Å². The zero-order valence-electron chi connectivity index (χ0n) is 10.4. The van der Waals surface area contributed by atoms with Crippen LogP contribution >= 0.6 is 0 Å². The fourth-order valence-corrected chi connectivity index (χ4v) is 1.99. The van der Waals surface area contributed by atoms with Gasteiger partial charge in [0.1, 0.15) is 0 Å². The van der Waals surface area contributed by atoms with E-state index in [1.165, 1.54) is 0 Å². The molecular formula is C14H23NO. The van der Waals surface area contributed by atoms with Crippen molar-refractivity contribution in [3.05, 3.63) is 30.1 Å². The summed E-state index contributed by atoms with van der Waals surface area (Å²) in [6.45, 7) is 4.39. The molecule has 0 aromatic carbocycles. The third-order valence-electron chi connectivity index (χ3n) is 3.22. The topological polar surface area (TPSA) is 33.1 Å². The highest BCUT2D eigenvalue weighted by molar-refractivity contribution is 5.03. The van der Waals surface area contributed by atoms with Gasteiger partial charge in [-0.05, 0) is 37.3 Å². The lowest BCUT2D eigenvalue weighted by molar-refractivity contribution is 0.130. The first-order valence-corrected chi connectivity index (χ1v) is 6.34. The van der Waals surface area contributed by atoms with Crippen LogP contribution in [0.3, 0.4) is 0 Å². The molecule has 1 heterocycles. The maximum atomic E-state index is 9.92. The summed E-state index contributed by atoms with van der Waals surface area (Å²) in [7, 11) is 0. The maximum absolute atomic E-state index is 9.92. The SMILES string of the molecule is CCC(CC)CC(O)CCc1ccccn1. The summed E-state index contributed by atoms with van der Waals surface area (Å²) in [5.74, 6) is 0.665. The first-order chi connectivity index (χ1) is 7.76. The van der Waals surface area contributed by atoms with Gasteiger partial charge >= 0.3 is 0 Å². The van der Waals surface area contributed by atoms with Gasteiger partial charge in [0.25, 0.3) is 0 Å². The molecule has 0 saturated heterocycles. The van der Waals surface area contributed by atoms with Crippen molar-refractivity contribution < 1.29 is 5.11 Å². The molecular weight excluding hydrogens is 198 g/mol. The van der Waals surface area contributed by atoms with Gasteiger partial charge in [0.05, 0.1) is 6.10 Å². The van der Waals surface area contributed by atoms with E-state index in [1.807, 2.05) is 24.4 Å². The van der Waals surface area contributed by atoms with Crippen LogP contribution in [-0.4, -0.2) is 16.2 Å². The monoisotopic (exact) mass is 221 g/mol. The predicted octanol–water partition coefficient (Wildman–Crippen LogP) is 3.20. The van der Waals surface area contributed by atoms with Crippen LogP contribution in [0.2, 0.25) is 0 Å². The van der Waals surface area contributed by atoms with Crippen LogP contribution in [0, 0.1) is 5.92 Å². The zero-order valence-corrected chi connectivity index (χ0v) is 10.4. The molecule has 0 spiro atoms. The predicted molar refractivity (Wildman–Crippen MR) is 67.3 cm³/mol. The Balaban J connectivity index is 2.27. The first kappa shape index (κ1) is 13.2. The Morgan fingerprint density at radius 3 is 2.56 bits per heavy atom. The van der Waals surface area contributed by atoms with Crippen LogP contribution < -0.4 is 0 Å². The van der Waals surface area contributed by atoms with Crippen molar-refractivity contribution in [3.63, 3.8) is 0 Å². The molecule has 1 aromatic rings. The van der Waals surface area contributed by atoms with Gasteiger partial charge < -0.3 is 5.11 Å². The normalized spacial score (nSPS) is 13.0. The van der Waals surface area contributed by atoms with Crippen LogP contribution in [0.1, 0.15) is 45.2 Å². The van der Waals surface area contributed by atoms with Crippen molar-refractivity contribution in [2.24, 2.45) is 5.92 Å². The number of aliphatic hydroxyl groups excluding tert-OH is 1. The van der Waals surface area contributed by atoms with E-state index in [2.05, 4.69) is 18.8 Å². The Hall–Kier alpha value is -0.890. The van der Waals surface area contributed by atoms with Crippen molar-refractivity contribution in [2.45, 2.75) is 52.1 Å². The molecule has 0 radical (unpaired) electrons. The Morgan fingerprint density at radius 2 is 2.00 bits per heavy atom. The van der Waals surface area contributed by atoms with Crippen LogP contribution in [0.15, 0.2) is 24.4 Å². The third-order valence-corrected chi connectivity index (χ3v) is 3.22. The zero-order chi connectivity index (χ0) is 11.8. The smallest absolute Gasteiger partial charge is 0.0546 e. The fourth-order valence-electron chi connectivity index (χ4n) is 1.99. The van der Waals surface area contributed by atoms with E-state index in [1.54, 1.807) is 0 Å². The minimum absolute atomic E-state index is 0.174. The average Bonchev–Trinajstić information content (AvgIpc) is 2.34. The van der Waals surface area contributed by atoms with E-state index in [-0.39, 0.29) is 6.10 Å². The summed E-state index contributed by atoms with van der Waals surface area (Å²) in [6.07, 6.45) is 6.60. The molecule has 1 atom stereocenters. The van der Waals surface area contributed by atoms with Gasteiger partial charge in [-0.15, -0.1) is 0 Å². The molecule has 2 nitrogen and oxygen atoms in total. The standard InChI is InChI=1S/C14H23NO/c1-3-12(4-2)11-14(16)9-8-13-7-5-6-10-15-13/h5-7,10,12,14,16H,3-4,8-9,11H2,1-2H3. The van der Waals surface area contributed by atoms with Crippen LogP contribution in [0.25, 0.3) is 0 Å². The molecule has 0 fully saturated rings. The van der Waals surface area contributed by atoms with E-state index < -0.39 is 0 Å². The number of pyridine rings is 1. The van der Waals surface area contributed by atoms with Crippen molar-refractivity contribution in [2.75, 3.05) is 0 Å². The lowest BCUT2D eigenvalue weighted by atomic mass is 9.94. The number of aryl methyl sites for hydroxylation is 1. The Labute approximate surface area is 98.7 Å². The maximum Gasteiger partial charge on any atom is 0.0546 e. The molecule has 0 aliphatic carbocycles. The molecule has 0 amide bonds. The van der Waals surface area contributed by atoms with Crippen molar-refractivity contribution >= 4 is 0 Å². The molecule has 1 unspecified atom stereocenters. The quantitative estimate of drug-likeness (QED) is 0.767. The third kappa shape index (κ3) is 4.75. The van der Waals surface area contributed by atoms with E-state index in [0.29, 0.717) is 5.92 Å². The largest absolute Gasteiger partial charge is 0.393 e. The van der Waals surface area contributed by atoms with Gasteiger partial charge in [-0.1, -0.05) is 32.8 Å². The molecule has 0 saturated carbocycles. The molecule has 0 aliphatic rings. The van der Waals surface area contributed by atoms with Crippen molar-refractivity contribution in [1.82, 2.24) is 4.98 Å². The summed E-state index contributed by atoms with van der Waals surface area (Å²) in [6, 6.07) is 5.93. The number of aromatic nitrogens is 1. The second-order valence-electron chi connectivity index (χ2n) is 4.43. The van der Waals surface area contributed by atoms with E-state index in [4.69, 9.17) is 0 Å². The van der Waals surface area contributed by atoms with Crippen molar-refractivity contribution in [3.8, 4) is 0 Å². The minimum atomic E-state index is -0.174. The van der Waals surface area contributed by atoms with E-state index in [9.17, 15) is 5.11 Å². The number of aliphatic hydroxyl groups is 1. The van der Waals surface area contributed by atoms with Gasteiger partial charge in [0.2, 0.25) is 0 Å². The highest BCUT2D eigenvalue weighted by Gasteiger charge is 2.11. The summed E-state index contributed by atoms with van der Waals surface area (Å²) in [5.41, 5.74) is 1.08. The van der Waals surface area contributed by atoms with Gasteiger partial charge in [-0.2, -0.15) is 0 Å². The number of hydrogen-bond acceptors (Lipinski definition) is 2. The minimum Gasteiger partial charge on any atom is -0.393 e. The Kier molecular flexibility index (Phi) is 6.09. The molecule has 1 aromatic heterocycles. The van der Waals surface area contributed by atoms with Gasteiger partial charge in [0, 0.05) is 11.9 Å². The molecule has 90 valence electrons. The summed E-state index contributed by atoms with van der Waals surface area (Å²) in [4.78, 5) is 4.26. The highest BCUT2D eigenvalue weighted by Crippen LogP contribution is 2.17. The van der Waals surface area contributed by atoms with E-state index >= 15 is 0 Å². The molecule has 2 heteroatoms. The number of nitrogens with zero attached hydrogens (tertiary/aromatic N) is 1. The second-order valence-corrected chi connectivity index (χ2v) is 4.43. The molecule has 0 aliphatic heterocycles. The Bertz CT molecular complexity index is 269. The van der Waals surface area contributed by atoms with Gasteiger partial charge in [-0.3, -0.25) is 4.98 Å². The highest BCUT2D eigenvalue weighted by atomic mass is 16.3. The van der Waals surface area contributed by atoms with Crippen molar-refractivity contribution in [1.29, 1.82) is 0 Å². The lowest BCUT2D eigenvalue weighted by Crippen LogP contribution is -2.14. The number of hydrogen-bond donors (Lipinski definition) is 1. The number of rotatable bonds is 7. The summed E-state index contributed by atoms with van der Waals surface area (Å²) in [5, 5.41) is 9.92. The molecule has 0 bridgehead atoms. The average molecular weight is 221 g/mol.